The molecule has 3 heteroatoms. The summed E-state index contributed by atoms with van der Waals surface area (Å²) in [6.07, 6.45) is 19.9. The maximum atomic E-state index is 10.2. The van der Waals surface area contributed by atoms with Crippen LogP contribution in [-0.2, 0) is 4.79 Å². The van der Waals surface area contributed by atoms with Crippen molar-refractivity contribution in [2.45, 2.75) is 110 Å². The minimum atomic E-state index is -0.903. The van der Waals surface area contributed by atoms with Crippen LogP contribution in [-0.4, -0.2) is 5.97 Å². The molecular weight excluding hydrogens is 388 g/mol. The Morgan fingerprint density at radius 3 is 1.19 bits per heavy atom. The number of aliphatic carboxylic acids is 1. The van der Waals surface area contributed by atoms with Gasteiger partial charge in [0, 0.05) is 5.97 Å². The average molecular weight is 424 g/mol. The monoisotopic (exact) mass is 423 g/mol. The van der Waals surface area contributed by atoms with Crippen molar-refractivity contribution in [3.8, 4) is 0 Å². The molecule has 21 heavy (non-hydrogen) atoms. The number of hydrogen-bond acceptors (Lipinski definition) is 2. The van der Waals surface area contributed by atoms with Gasteiger partial charge in [0.15, 0.2) is 0 Å². The summed E-state index contributed by atoms with van der Waals surface area (Å²) in [5, 5.41) is 10.2. The van der Waals surface area contributed by atoms with Gasteiger partial charge in [-0.3, -0.25) is 0 Å². The van der Waals surface area contributed by atoms with Crippen molar-refractivity contribution in [1.29, 1.82) is 0 Å². The van der Waals surface area contributed by atoms with Crippen LogP contribution < -0.4 is 5.11 Å². The van der Waals surface area contributed by atoms with E-state index in [1.165, 1.54) is 83.5 Å². The Morgan fingerprint density at radius 2 is 0.905 bits per heavy atom. The molecule has 0 saturated heterocycles. The van der Waals surface area contributed by atoms with Crippen LogP contribution in [0, 0.1) is 41.7 Å². The van der Waals surface area contributed by atoms with E-state index in [0.717, 1.165) is 12.8 Å². The van der Waals surface area contributed by atoms with E-state index in [0.29, 0.717) is 0 Å². The number of hydrogen-bond donors (Lipinski definition) is 0. The van der Waals surface area contributed by atoms with Gasteiger partial charge >= 0.3 is 41.7 Å². The number of rotatable bonds is 16. The zero-order chi connectivity index (χ0) is 14.9. The molecule has 0 aromatic heterocycles. The molecule has 0 atom stereocenters. The zero-order valence-corrected chi connectivity index (χ0v) is 17.3. The van der Waals surface area contributed by atoms with E-state index in [2.05, 4.69) is 6.92 Å². The second-order valence-electron chi connectivity index (χ2n) is 6.07. The quantitative estimate of drug-likeness (QED) is 0.328. The summed E-state index contributed by atoms with van der Waals surface area (Å²) in [7, 11) is 0. The second kappa shape index (κ2) is 20.8. The SMILES string of the molecule is CCCCCCCCCCCCCCCCCC(=O)[O-].[Ce+3]. The van der Waals surface area contributed by atoms with Crippen LogP contribution in [0.5, 0.6) is 0 Å². The minimum Gasteiger partial charge on any atom is -0.550 e. The molecule has 0 fully saturated rings. The maximum absolute atomic E-state index is 10.2. The number of carboxylic acids is 1. The van der Waals surface area contributed by atoms with E-state index in [1.54, 1.807) is 0 Å². The molecule has 0 heterocycles. The third kappa shape index (κ3) is 23.2. The van der Waals surface area contributed by atoms with Crippen molar-refractivity contribution in [3.05, 3.63) is 0 Å². The van der Waals surface area contributed by atoms with Gasteiger partial charge in [-0.05, 0) is 12.8 Å². The van der Waals surface area contributed by atoms with Crippen LogP contribution in [0.3, 0.4) is 0 Å². The molecule has 0 bridgehead atoms. The first-order chi connectivity index (χ1) is 9.77. The summed E-state index contributed by atoms with van der Waals surface area (Å²) in [5.74, 6) is -0.903. The molecule has 0 spiro atoms. The molecule has 1 radical (unpaired) electrons. The molecule has 0 aromatic carbocycles. The number of carboxylic acid groups (broad SMARTS) is 1. The molecule has 0 aliphatic rings. The van der Waals surface area contributed by atoms with Gasteiger partial charge in [0.05, 0.1) is 0 Å². The molecule has 0 saturated carbocycles. The summed E-state index contributed by atoms with van der Waals surface area (Å²) in [6, 6.07) is 0. The fraction of sp³-hybridized carbons (Fsp3) is 0.944. The molecule has 0 aliphatic heterocycles. The van der Waals surface area contributed by atoms with Crippen LogP contribution in [0.25, 0.3) is 0 Å². The third-order valence-electron chi connectivity index (χ3n) is 3.98. The Bertz CT molecular complexity index is 207. The van der Waals surface area contributed by atoms with Crippen LogP contribution in [0.1, 0.15) is 110 Å². The van der Waals surface area contributed by atoms with E-state index in [1.807, 2.05) is 0 Å². The minimum absolute atomic E-state index is 0. The van der Waals surface area contributed by atoms with Gasteiger partial charge in [0.1, 0.15) is 0 Å². The van der Waals surface area contributed by atoms with E-state index < -0.39 is 5.97 Å². The van der Waals surface area contributed by atoms with Crippen LogP contribution in [0.4, 0.5) is 0 Å². The van der Waals surface area contributed by atoms with Gasteiger partial charge in [-0.15, -0.1) is 0 Å². The van der Waals surface area contributed by atoms with Gasteiger partial charge in [-0.25, -0.2) is 0 Å². The number of carbonyl (C=O) groups excluding carboxylic acids is 1. The molecule has 0 aromatic rings. The van der Waals surface area contributed by atoms with Crippen molar-refractivity contribution in [2.24, 2.45) is 0 Å². The second-order valence-corrected chi connectivity index (χ2v) is 6.07. The molecule has 0 unspecified atom stereocenters. The van der Waals surface area contributed by atoms with Gasteiger partial charge in [-0.1, -0.05) is 96.8 Å². The molecule has 0 amide bonds. The Balaban J connectivity index is 0. The fourth-order valence-electron chi connectivity index (χ4n) is 2.64. The van der Waals surface area contributed by atoms with Crippen LogP contribution in [0.15, 0.2) is 0 Å². The first-order valence-corrected chi connectivity index (χ1v) is 8.97. The Kier molecular flexibility index (Phi) is 23.9. The number of unbranched alkanes of at least 4 members (excludes halogenated alkanes) is 14. The molecule has 2 nitrogen and oxygen atoms in total. The first kappa shape index (κ1) is 24.1. The van der Waals surface area contributed by atoms with Crippen LogP contribution >= 0.6 is 0 Å². The largest absolute Gasteiger partial charge is 3.00 e. The molecule has 121 valence electrons. The van der Waals surface area contributed by atoms with Crippen molar-refractivity contribution < 1.29 is 51.6 Å². The predicted molar refractivity (Wildman–Crippen MR) is 84.6 cm³/mol. The van der Waals surface area contributed by atoms with E-state index in [4.69, 9.17) is 0 Å². The van der Waals surface area contributed by atoms with Crippen molar-refractivity contribution in [3.63, 3.8) is 0 Å². The third-order valence-corrected chi connectivity index (χ3v) is 3.98. The normalized spacial score (nSPS) is 10.3. The van der Waals surface area contributed by atoms with Gasteiger partial charge in [0.25, 0.3) is 0 Å². The first-order valence-electron chi connectivity index (χ1n) is 8.97. The standard InChI is InChI=1S/C18H36O2.Ce/c1-2-3-4-5-6-7-8-9-10-11-12-13-14-15-16-17-18(19)20;/h2-17H2,1H3,(H,19,20);/q;+3/p-1. The maximum Gasteiger partial charge on any atom is 3.00 e. The molecule has 0 N–H and O–H groups in total. The van der Waals surface area contributed by atoms with Crippen molar-refractivity contribution in [1.82, 2.24) is 0 Å². The molecular formula is C18H35CeO2+2. The summed E-state index contributed by atoms with van der Waals surface area (Å²) < 4.78 is 0. The summed E-state index contributed by atoms with van der Waals surface area (Å²) in [6.45, 7) is 2.27. The van der Waals surface area contributed by atoms with Crippen LogP contribution in [0.2, 0.25) is 0 Å². The average Bonchev–Trinajstić information content (AvgIpc) is 2.43. The fourth-order valence-corrected chi connectivity index (χ4v) is 2.64. The Hall–Kier alpha value is 0.847. The Labute approximate surface area is 166 Å². The smallest absolute Gasteiger partial charge is 0.550 e. The van der Waals surface area contributed by atoms with Crippen molar-refractivity contribution >= 4 is 5.97 Å². The topological polar surface area (TPSA) is 40.1 Å². The predicted octanol–water partition coefficient (Wildman–Crippen LogP) is 5.00. The van der Waals surface area contributed by atoms with Gasteiger partial charge in [0.2, 0.25) is 0 Å². The summed E-state index contributed by atoms with van der Waals surface area (Å²) in [5.41, 5.74) is 0. The molecule has 0 rings (SSSR count). The van der Waals surface area contributed by atoms with Crippen molar-refractivity contribution in [2.75, 3.05) is 0 Å². The van der Waals surface area contributed by atoms with E-state index in [9.17, 15) is 9.90 Å². The molecule has 0 aliphatic carbocycles. The van der Waals surface area contributed by atoms with E-state index >= 15 is 0 Å². The van der Waals surface area contributed by atoms with E-state index in [-0.39, 0.29) is 48.2 Å². The van der Waals surface area contributed by atoms with Gasteiger partial charge < -0.3 is 9.90 Å². The Morgan fingerprint density at radius 1 is 0.619 bits per heavy atom. The number of carbonyl (C=O) groups is 1. The summed E-state index contributed by atoms with van der Waals surface area (Å²) >= 11 is 0. The van der Waals surface area contributed by atoms with Gasteiger partial charge in [-0.2, -0.15) is 0 Å². The zero-order valence-electron chi connectivity index (χ0n) is 14.1. The summed E-state index contributed by atoms with van der Waals surface area (Å²) in [4.78, 5) is 10.2.